The average molecular weight is 318 g/mol. The number of carbonyl (C=O) groups excluding carboxylic acids is 1. The van der Waals surface area contributed by atoms with E-state index in [4.69, 9.17) is 5.73 Å². The van der Waals surface area contributed by atoms with Crippen molar-refractivity contribution in [2.75, 3.05) is 0 Å². The second-order valence-corrected chi connectivity index (χ2v) is 7.15. The van der Waals surface area contributed by atoms with E-state index in [1.807, 2.05) is 12.1 Å². The quantitative estimate of drug-likeness (QED) is 0.896. The van der Waals surface area contributed by atoms with Crippen molar-refractivity contribution < 1.29 is 9.18 Å². The van der Waals surface area contributed by atoms with Crippen LogP contribution in [0.4, 0.5) is 4.39 Å². The monoisotopic (exact) mass is 318 g/mol. The maximum absolute atomic E-state index is 14.0. The van der Waals surface area contributed by atoms with Gasteiger partial charge in [0.2, 0.25) is 5.91 Å². The van der Waals surface area contributed by atoms with Gasteiger partial charge < -0.3 is 11.1 Å². The molecule has 1 aromatic rings. The maximum atomic E-state index is 14.0. The molecule has 4 atom stereocenters. The fourth-order valence-electron chi connectivity index (χ4n) is 4.16. The van der Waals surface area contributed by atoms with Gasteiger partial charge in [-0.2, -0.15) is 0 Å². The Bertz CT molecular complexity index is 548. The van der Waals surface area contributed by atoms with Gasteiger partial charge in [-0.15, -0.1) is 0 Å². The molecule has 2 unspecified atom stereocenters. The van der Waals surface area contributed by atoms with Crippen molar-refractivity contribution in [1.82, 2.24) is 5.32 Å². The Morgan fingerprint density at radius 1 is 1.09 bits per heavy atom. The van der Waals surface area contributed by atoms with E-state index in [0.29, 0.717) is 0 Å². The molecule has 1 amide bonds. The molecule has 2 aliphatic carbocycles. The minimum absolute atomic E-state index is 0.0116. The summed E-state index contributed by atoms with van der Waals surface area (Å²) in [5.74, 6) is 0.115. The first-order valence-corrected chi connectivity index (χ1v) is 8.95. The lowest BCUT2D eigenvalue weighted by molar-refractivity contribution is -0.127. The van der Waals surface area contributed by atoms with Gasteiger partial charge in [-0.1, -0.05) is 37.5 Å². The SMILES string of the molecule is N[C@@H]1CCCC[C@H]1NC(=O)C1CCCC(c2ccccc2F)C1. The molecule has 2 fully saturated rings. The van der Waals surface area contributed by atoms with Crippen molar-refractivity contribution in [2.24, 2.45) is 11.7 Å². The van der Waals surface area contributed by atoms with Crippen LogP contribution >= 0.6 is 0 Å². The van der Waals surface area contributed by atoms with Crippen LogP contribution in [0, 0.1) is 11.7 Å². The van der Waals surface area contributed by atoms with Gasteiger partial charge in [0.05, 0.1) is 0 Å². The third-order valence-electron chi connectivity index (χ3n) is 5.54. The average Bonchev–Trinajstić information content (AvgIpc) is 2.57. The molecule has 0 saturated heterocycles. The number of rotatable bonds is 3. The molecule has 2 aliphatic rings. The number of halogens is 1. The number of hydrogen-bond acceptors (Lipinski definition) is 2. The number of carbonyl (C=O) groups is 1. The zero-order chi connectivity index (χ0) is 16.2. The standard InChI is InChI=1S/C19H27FN2O/c20-16-9-2-1-8-15(16)13-6-5-7-14(12-13)19(23)22-18-11-4-3-10-17(18)21/h1-2,8-9,13-14,17-18H,3-7,10-12,21H2,(H,22,23)/t13?,14?,17-,18-/m1/s1. The topological polar surface area (TPSA) is 55.1 Å². The van der Waals surface area contributed by atoms with Gasteiger partial charge in [0.25, 0.3) is 0 Å². The van der Waals surface area contributed by atoms with Crippen LogP contribution in [-0.4, -0.2) is 18.0 Å². The molecule has 2 saturated carbocycles. The summed E-state index contributed by atoms with van der Waals surface area (Å²) in [6.07, 6.45) is 7.87. The largest absolute Gasteiger partial charge is 0.352 e. The van der Waals surface area contributed by atoms with E-state index in [0.717, 1.165) is 56.9 Å². The van der Waals surface area contributed by atoms with Crippen LogP contribution in [0.1, 0.15) is 62.8 Å². The van der Waals surface area contributed by atoms with Crippen LogP contribution in [0.3, 0.4) is 0 Å². The molecule has 0 radical (unpaired) electrons. The fraction of sp³-hybridized carbons (Fsp3) is 0.632. The van der Waals surface area contributed by atoms with Gasteiger partial charge >= 0.3 is 0 Å². The summed E-state index contributed by atoms with van der Waals surface area (Å²) in [7, 11) is 0. The van der Waals surface area contributed by atoms with E-state index in [1.165, 1.54) is 6.07 Å². The van der Waals surface area contributed by atoms with Gasteiger partial charge in [-0.3, -0.25) is 4.79 Å². The zero-order valence-corrected chi connectivity index (χ0v) is 13.6. The zero-order valence-electron chi connectivity index (χ0n) is 13.6. The second kappa shape index (κ2) is 7.43. The van der Waals surface area contributed by atoms with Crippen molar-refractivity contribution in [3.63, 3.8) is 0 Å². The van der Waals surface area contributed by atoms with E-state index in [1.54, 1.807) is 6.07 Å². The summed E-state index contributed by atoms with van der Waals surface area (Å²) in [6, 6.07) is 7.17. The molecule has 4 heteroatoms. The Kier molecular flexibility index (Phi) is 5.31. The van der Waals surface area contributed by atoms with Gasteiger partial charge in [0.15, 0.2) is 0 Å². The van der Waals surface area contributed by atoms with Gasteiger partial charge in [0, 0.05) is 18.0 Å². The van der Waals surface area contributed by atoms with Crippen molar-refractivity contribution in [1.29, 1.82) is 0 Å². The van der Waals surface area contributed by atoms with Crippen LogP contribution in [0.15, 0.2) is 24.3 Å². The highest BCUT2D eigenvalue weighted by molar-refractivity contribution is 5.79. The number of nitrogens with one attached hydrogen (secondary N) is 1. The number of amides is 1. The molecule has 3 N–H and O–H groups in total. The first-order chi connectivity index (χ1) is 11.1. The molecule has 1 aromatic carbocycles. The predicted octanol–water partition coefficient (Wildman–Crippen LogP) is 3.49. The van der Waals surface area contributed by atoms with Crippen LogP contribution in [0.25, 0.3) is 0 Å². The highest BCUT2D eigenvalue weighted by Crippen LogP contribution is 2.37. The van der Waals surface area contributed by atoms with Crippen molar-refractivity contribution in [2.45, 2.75) is 69.4 Å². The van der Waals surface area contributed by atoms with Gasteiger partial charge in [-0.05, 0) is 49.7 Å². The molecule has 0 heterocycles. The Morgan fingerprint density at radius 2 is 1.87 bits per heavy atom. The number of nitrogens with two attached hydrogens (primary N) is 1. The maximum Gasteiger partial charge on any atom is 0.223 e. The molecule has 0 spiro atoms. The molecule has 126 valence electrons. The van der Waals surface area contributed by atoms with Crippen LogP contribution < -0.4 is 11.1 Å². The Labute approximate surface area is 137 Å². The molecular formula is C19H27FN2O. The Morgan fingerprint density at radius 3 is 2.65 bits per heavy atom. The summed E-state index contributed by atoms with van der Waals surface area (Å²) < 4.78 is 14.0. The van der Waals surface area contributed by atoms with Crippen LogP contribution in [0.2, 0.25) is 0 Å². The normalized spacial score (nSPS) is 31.6. The Balaban J connectivity index is 1.61. The van der Waals surface area contributed by atoms with Gasteiger partial charge in [0.1, 0.15) is 5.82 Å². The Hall–Kier alpha value is -1.42. The van der Waals surface area contributed by atoms with Crippen LogP contribution in [-0.2, 0) is 4.79 Å². The molecule has 3 nitrogen and oxygen atoms in total. The van der Waals surface area contributed by atoms with E-state index in [-0.39, 0.29) is 35.6 Å². The number of benzene rings is 1. The summed E-state index contributed by atoms with van der Waals surface area (Å²) in [4.78, 5) is 12.6. The molecule has 23 heavy (non-hydrogen) atoms. The third-order valence-corrected chi connectivity index (χ3v) is 5.54. The lowest BCUT2D eigenvalue weighted by Gasteiger charge is -2.33. The summed E-state index contributed by atoms with van der Waals surface area (Å²) in [5.41, 5.74) is 6.89. The van der Waals surface area contributed by atoms with Crippen LogP contribution in [0.5, 0.6) is 0 Å². The third kappa shape index (κ3) is 3.92. The minimum atomic E-state index is -0.145. The highest BCUT2D eigenvalue weighted by Gasteiger charge is 2.31. The van der Waals surface area contributed by atoms with E-state index >= 15 is 0 Å². The lowest BCUT2D eigenvalue weighted by atomic mass is 9.77. The van der Waals surface area contributed by atoms with E-state index in [9.17, 15) is 9.18 Å². The van der Waals surface area contributed by atoms with Crippen molar-refractivity contribution >= 4 is 5.91 Å². The summed E-state index contributed by atoms with van der Waals surface area (Å²) in [5, 5.41) is 3.17. The van der Waals surface area contributed by atoms with E-state index in [2.05, 4.69) is 5.32 Å². The van der Waals surface area contributed by atoms with Crippen molar-refractivity contribution in [3.05, 3.63) is 35.6 Å². The summed E-state index contributed by atoms with van der Waals surface area (Å²) in [6.45, 7) is 0. The minimum Gasteiger partial charge on any atom is -0.352 e. The first-order valence-electron chi connectivity index (χ1n) is 8.95. The molecule has 3 rings (SSSR count). The lowest BCUT2D eigenvalue weighted by Crippen LogP contribution is -2.51. The van der Waals surface area contributed by atoms with E-state index < -0.39 is 0 Å². The summed E-state index contributed by atoms with van der Waals surface area (Å²) >= 11 is 0. The van der Waals surface area contributed by atoms with Gasteiger partial charge in [-0.25, -0.2) is 4.39 Å². The molecular weight excluding hydrogens is 291 g/mol. The predicted molar refractivity (Wildman–Crippen MR) is 89.5 cm³/mol. The van der Waals surface area contributed by atoms with Crippen molar-refractivity contribution in [3.8, 4) is 0 Å². The number of hydrogen-bond donors (Lipinski definition) is 2. The smallest absolute Gasteiger partial charge is 0.223 e. The molecule has 0 aromatic heterocycles. The second-order valence-electron chi connectivity index (χ2n) is 7.15. The highest BCUT2D eigenvalue weighted by atomic mass is 19.1. The molecule has 0 bridgehead atoms. The first kappa shape index (κ1) is 16.4. The fourth-order valence-corrected chi connectivity index (χ4v) is 4.16. The molecule has 0 aliphatic heterocycles.